The monoisotopic (exact) mass is 548 g/mol. The molecule has 2 aromatic heterocycles. The molecule has 1 fully saturated rings. The van der Waals surface area contributed by atoms with Crippen molar-refractivity contribution in [1.82, 2.24) is 15.2 Å². The second-order valence-corrected chi connectivity index (χ2v) is 9.99. The number of carbonyl (C=O) groups excluding carboxylic acids is 1. The summed E-state index contributed by atoms with van der Waals surface area (Å²) in [5, 5.41) is 8.60. The van der Waals surface area contributed by atoms with Crippen LogP contribution >= 0.6 is 15.9 Å². The minimum Gasteiger partial charge on any atom is -0.461 e. The predicted octanol–water partition coefficient (Wildman–Crippen LogP) is 6.19. The molecular weight excluding hydrogens is 520 g/mol. The summed E-state index contributed by atoms with van der Waals surface area (Å²) in [5.41, 5.74) is 6.43. The number of aromatic nitrogens is 3. The third-order valence-electron chi connectivity index (χ3n) is 6.42. The van der Waals surface area contributed by atoms with Crippen LogP contribution in [0, 0.1) is 0 Å². The van der Waals surface area contributed by atoms with Gasteiger partial charge in [0.05, 0.1) is 25.2 Å². The molecule has 1 N–H and O–H groups in total. The molecule has 5 rings (SSSR count). The molecule has 1 saturated heterocycles. The van der Waals surface area contributed by atoms with Crippen LogP contribution in [0.3, 0.4) is 0 Å². The Hall–Kier alpha value is -3.23. The highest BCUT2D eigenvalue weighted by molar-refractivity contribution is 9.10. The Bertz CT molecular complexity index is 1390. The molecule has 8 heteroatoms. The maximum absolute atomic E-state index is 13.2. The summed E-state index contributed by atoms with van der Waals surface area (Å²) < 4.78 is 11.9. The van der Waals surface area contributed by atoms with Gasteiger partial charge < -0.3 is 14.4 Å². The van der Waals surface area contributed by atoms with Crippen LogP contribution in [0.5, 0.6) is 0 Å². The van der Waals surface area contributed by atoms with Crippen LogP contribution in [-0.2, 0) is 9.47 Å². The van der Waals surface area contributed by atoms with Crippen molar-refractivity contribution >= 4 is 38.6 Å². The lowest BCUT2D eigenvalue weighted by Gasteiger charge is -2.29. The largest absolute Gasteiger partial charge is 0.461 e. The van der Waals surface area contributed by atoms with Gasteiger partial charge >= 0.3 is 5.97 Å². The highest BCUT2D eigenvalue weighted by Crippen LogP contribution is 2.42. The van der Waals surface area contributed by atoms with Crippen molar-refractivity contribution in [2.45, 2.75) is 26.7 Å². The van der Waals surface area contributed by atoms with Crippen LogP contribution < -0.4 is 4.90 Å². The predicted molar refractivity (Wildman–Crippen MR) is 146 cm³/mol. The Morgan fingerprint density at radius 3 is 2.53 bits per heavy atom. The summed E-state index contributed by atoms with van der Waals surface area (Å²) in [7, 11) is 0. The standard InChI is InChI=1S/C28H29BrN4O3/c1-4-36-28(34)26-23(19-6-5-7-20(29)16-19)22(24-25(17(2)3)31-32-27(24)30-26)18-8-10-21(11-9-18)33-12-14-35-15-13-33/h5-11,16-17H,4,12-15H2,1-3H3,(H,30,31,32). The van der Waals surface area contributed by atoms with E-state index in [2.05, 4.69) is 69.1 Å². The highest BCUT2D eigenvalue weighted by Gasteiger charge is 2.27. The fraction of sp³-hybridized carbons (Fsp3) is 0.321. The molecule has 0 spiro atoms. The number of hydrogen-bond donors (Lipinski definition) is 1. The summed E-state index contributed by atoms with van der Waals surface area (Å²) in [6.07, 6.45) is 0. The fourth-order valence-corrected chi connectivity index (χ4v) is 5.12. The number of fused-ring (bicyclic) bond motifs is 1. The van der Waals surface area contributed by atoms with E-state index >= 15 is 0 Å². The van der Waals surface area contributed by atoms with Gasteiger partial charge in [0.15, 0.2) is 11.3 Å². The second kappa shape index (κ2) is 10.4. The molecule has 0 unspecified atom stereocenters. The quantitative estimate of drug-likeness (QED) is 0.289. The van der Waals surface area contributed by atoms with E-state index in [4.69, 9.17) is 14.5 Å². The Labute approximate surface area is 219 Å². The van der Waals surface area contributed by atoms with Crippen LogP contribution in [0.2, 0.25) is 0 Å². The number of aromatic amines is 1. The van der Waals surface area contributed by atoms with E-state index in [0.29, 0.717) is 5.65 Å². The molecule has 1 aliphatic rings. The number of rotatable bonds is 6. The molecular formula is C28H29BrN4O3. The first kappa shape index (κ1) is 24.5. The van der Waals surface area contributed by atoms with Gasteiger partial charge in [-0.05, 0) is 48.2 Å². The van der Waals surface area contributed by atoms with Gasteiger partial charge in [0.1, 0.15) is 0 Å². The van der Waals surface area contributed by atoms with E-state index in [9.17, 15) is 4.79 Å². The number of benzene rings is 2. The van der Waals surface area contributed by atoms with Crippen LogP contribution in [0.1, 0.15) is 42.9 Å². The average molecular weight is 549 g/mol. The number of carbonyl (C=O) groups is 1. The molecule has 186 valence electrons. The van der Waals surface area contributed by atoms with E-state index < -0.39 is 5.97 Å². The van der Waals surface area contributed by atoms with Crippen molar-refractivity contribution in [3.05, 3.63) is 64.4 Å². The lowest BCUT2D eigenvalue weighted by molar-refractivity contribution is 0.0521. The smallest absolute Gasteiger partial charge is 0.357 e. The maximum atomic E-state index is 13.2. The zero-order valence-corrected chi connectivity index (χ0v) is 22.3. The molecule has 0 atom stereocenters. The van der Waals surface area contributed by atoms with Gasteiger partial charge in [0, 0.05) is 40.1 Å². The number of ether oxygens (including phenoxy) is 2. The van der Waals surface area contributed by atoms with Crippen molar-refractivity contribution in [3.8, 4) is 22.3 Å². The van der Waals surface area contributed by atoms with Crippen LogP contribution in [0.4, 0.5) is 5.69 Å². The van der Waals surface area contributed by atoms with Gasteiger partial charge in [-0.25, -0.2) is 9.78 Å². The molecule has 0 bridgehead atoms. The van der Waals surface area contributed by atoms with E-state index in [1.807, 2.05) is 24.3 Å². The van der Waals surface area contributed by atoms with E-state index in [0.717, 1.165) is 69.8 Å². The molecule has 36 heavy (non-hydrogen) atoms. The van der Waals surface area contributed by atoms with Gasteiger partial charge in [0.2, 0.25) is 0 Å². The van der Waals surface area contributed by atoms with Gasteiger partial charge in [-0.2, -0.15) is 5.10 Å². The normalized spacial score (nSPS) is 14.0. The molecule has 0 saturated carbocycles. The summed E-state index contributed by atoms with van der Waals surface area (Å²) in [5.74, 6) is -0.276. The molecule has 0 amide bonds. The summed E-state index contributed by atoms with van der Waals surface area (Å²) >= 11 is 3.60. The number of nitrogens with one attached hydrogen (secondary N) is 1. The molecule has 4 aromatic rings. The number of morpholine rings is 1. The zero-order valence-electron chi connectivity index (χ0n) is 20.7. The van der Waals surface area contributed by atoms with Crippen LogP contribution in [-0.4, -0.2) is 54.1 Å². The molecule has 3 heterocycles. The minimum absolute atomic E-state index is 0.187. The summed E-state index contributed by atoms with van der Waals surface area (Å²) in [4.78, 5) is 20.3. The number of nitrogens with zero attached hydrogens (tertiary/aromatic N) is 3. The number of hydrogen-bond acceptors (Lipinski definition) is 6. The Morgan fingerprint density at radius 1 is 1.11 bits per heavy atom. The van der Waals surface area contributed by atoms with Crippen molar-refractivity contribution < 1.29 is 14.3 Å². The van der Waals surface area contributed by atoms with E-state index in [1.54, 1.807) is 6.92 Å². The average Bonchev–Trinajstić information content (AvgIpc) is 3.33. The molecule has 0 radical (unpaired) electrons. The van der Waals surface area contributed by atoms with Gasteiger partial charge in [-0.1, -0.05) is 54.0 Å². The second-order valence-electron chi connectivity index (χ2n) is 9.08. The lowest BCUT2D eigenvalue weighted by atomic mass is 9.89. The lowest BCUT2D eigenvalue weighted by Crippen LogP contribution is -2.36. The SMILES string of the molecule is CCOC(=O)c1nc2n[nH]c(C(C)C)c2c(-c2ccc(N3CCOCC3)cc2)c1-c1cccc(Br)c1. The Morgan fingerprint density at radius 2 is 1.86 bits per heavy atom. The van der Waals surface area contributed by atoms with Gasteiger partial charge in [-0.3, -0.25) is 5.10 Å². The van der Waals surface area contributed by atoms with Gasteiger partial charge in [0.25, 0.3) is 0 Å². The molecule has 1 aliphatic heterocycles. The number of halogens is 1. The van der Waals surface area contributed by atoms with Crippen molar-refractivity contribution in [2.75, 3.05) is 37.8 Å². The molecule has 0 aliphatic carbocycles. The third-order valence-corrected chi connectivity index (χ3v) is 6.91. The number of pyridine rings is 1. The van der Waals surface area contributed by atoms with E-state index in [1.165, 1.54) is 0 Å². The highest BCUT2D eigenvalue weighted by atomic mass is 79.9. The summed E-state index contributed by atoms with van der Waals surface area (Å²) in [6, 6.07) is 16.4. The number of esters is 1. The van der Waals surface area contributed by atoms with E-state index in [-0.39, 0.29) is 18.2 Å². The minimum atomic E-state index is -0.463. The third kappa shape index (κ3) is 4.63. The van der Waals surface area contributed by atoms with Crippen molar-refractivity contribution in [3.63, 3.8) is 0 Å². The first-order valence-corrected chi connectivity index (χ1v) is 13.0. The maximum Gasteiger partial charge on any atom is 0.357 e. The first-order chi connectivity index (χ1) is 17.5. The van der Waals surface area contributed by atoms with Crippen LogP contribution in [0.25, 0.3) is 33.3 Å². The van der Waals surface area contributed by atoms with Crippen LogP contribution in [0.15, 0.2) is 53.0 Å². The summed E-state index contributed by atoms with van der Waals surface area (Å²) in [6.45, 7) is 9.50. The Balaban J connectivity index is 1.80. The zero-order chi connectivity index (χ0) is 25.2. The first-order valence-electron chi connectivity index (χ1n) is 12.3. The number of anilines is 1. The molecule has 2 aromatic carbocycles. The fourth-order valence-electron chi connectivity index (χ4n) is 4.72. The number of H-pyrrole nitrogens is 1. The van der Waals surface area contributed by atoms with Crippen molar-refractivity contribution in [2.24, 2.45) is 0 Å². The molecule has 7 nitrogen and oxygen atoms in total. The van der Waals surface area contributed by atoms with Gasteiger partial charge in [-0.15, -0.1) is 0 Å². The topological polar surface area (TPSA) is 80.3 Å². The Kier molecular flexibility index (Phi) is 7.07. The van der Waals surface area contributed by atoms with Crippen molar-refractivity contribution in [1.29, 1.82) is 0 Å².